The standard InChI is InChI=1S/C20H36N4S.HI/c1-5-7-12-24-13-10-17(11-14-24)23-19(21-6-2)22-16-20(3,4)18-9-8-15-25-18;/h8-9,15,17H,5-7,10-14,16H2,1-4H3,(H2,21,22,23);1H. The van der Waals surface area contributed by atoms with E-state index >= 15 is 0 Å². The van der Waals surface area contributed by atoms with Crippen molar-refractivity contribution in [1.29, 1.82) is 0 Å². The van der Waals surface area contributed by atoms with Crippen molar-refractivity contribution in [1.82, 2.24) is 15.5 Å². The second-order valence-corrected chi connectivity index (χ2v) is 8.62. The molecule has 0 unspecified atom stereocenters. The number of rotatable bonds is 8. The predicted octanol–water partition coefficient (Wildman–Crippen LogP) is 4.46. The molecule has 0 aromatic carbocycles. The Hall–Kier alpha value is -0.340. The van der Waals surface area contributed by atoms with Crippen LogP contribution in [0.25, 0.3) is 0 Å². The van der Waals surface area contributed by atoms with Crippen molar-refractivity contribution >= 4 is 41.3 Å². The summed E-state index contributed by atoms with van der Waals surface area (Å²) in [5.74, 6) is 0.971. The van der Waals surface area contributed by atoms with Crippen LogP contribution in [0.3, 0.4) is 0 Å². The van der Waals surface area contributed by atoms with Crippen molar-refractivity contribution in [2.24, 2.45) is 4.99 Å². The molecule has 0 radical (unpaired) electrons. The number of nitrogens with one attached hydrogen (secondary N) is 2. The number of nitrogens with zero attached hydrogens (tertiary/aromatic N) is 2. The van der Waals surface area contributed by atoms with E-state index in [4.69, 9.17) is 4.99 Å². The van der Waals surface area contributed by atoms with Crippen LogP contribution >= 0.6 is 35.3 Å². The van der Waals surface area contributed by atoms with E-state index in [1.165, 1.54) is 50.2 Å². The first-order valence-electron chi connectivity index (χ1n) is 9.86. The van der Waals surface area contributed by atoms with Gasteiger partial charge in [-0.3, -0.25) is 4.99 Å². The SMILES string of the molecule is CCCCN1CCC(NC(=NCC(C)(C)c2cccs2)NCC)CC1.I. The lowest BCUT2D eigenvalue weighted by molar-refractivity contribution is 0.203. The molecule has 1 aromatic rings. The summed E-state index contributed by atoms with van der Waals surface area (Å²) in [6, 6.07) is 4.88. The Morgan fingerprint density at radius 3 is 2.62 bits per heavy atom. The summed E-state index contributed by atoms with van der Waals surface area (Å²) < 4.78 is 0. The molecule has 0 saturated carbocycles. The minimum absolute atomic E-state index is 0. The number of unbranched alkanes of at least 4 members (excludes halogenated alkanes) is 1. The minimum Gasteiger partial charge on any atom is -0.357 e. The third kappa shape index (κ3) is 7.72. The Bertz CT molecular complexity index is 508. The van der Waals surface area contributed by atoms with Gasteiger partial charge in [0.25, 0.3) is 0 Å². The summed E-state index contributed by atoms with van der Waals surface area (Å²) in [4.78, 5) is 8.89. The molecular weight excluding hydrogens is 455 g/mol. The van der Waals surface area contributed by atoms with Gasteiger partial charge in [-0.15, -0.1) is 35.3 Å². The second-order valence-electron chi connectivity index (χ2n) is 7.67. The number of thiophene rings is 1. The maximum Gasteiger partial charge on any atom is 0.191 e. The van der Waals surface area contributed by atoms with Gasteiger partial charge in [0.05, 0.1) is 6.54 Å². The van der Waals surface area contributed by atoms with Gasteiger partial charge in [0.15, 0.2) is 5.96 Å². The highest BCUT2D eigenvalue weighted by molar-refractivity contribution is 14.0. The minimum atomic E-state index is 0. The van der Waals surface area contributed by atoms with Crippen LogP contribution in [0.2, 0.25) is 0 Å². The molecule has 1 saturated heterocycles. The number of hydrogen-bond acceptors (Lipinski definition) is 3. The third-order valence-electron chi connectivity index (χ3n) is 4.92. The van der Waals surface area contributed by atoms with Crippen molar-refractivity contribution in [3.63, 3.8) is 0 Å². The quantitative estimate of drug-likeness (QED) is 0.320. The molecule has 1 aromatic heterocycles. The largest absolute Gasteiger partial charge is 0.357 e. The van der Waals surface area contributed by atoms with E-state index in [1.54, 1.807) is 0 Å². The monoisotopic (exact) mass is 492 g/mol. The highest BCUT2D eigenvalue weighted by atomic mass is 127. The molecule has 4 nitrogen and oxygen atoms in total. The van der Waals surface area contributed by atoms with Gasteiger partial charge in [0, 0.05) is 36.0 Å². The molecule has 2 rings (SSSR count). The van der Waals surface area contributed by atoms with Crippen molar-refractivity contribution in [3.05, 3.63) is 22.4 Å². The van der Waals surface area contributed by atoms with Crippen LogP contribution < -0.4 is 10.6 Å². The van der Waals surface area contributed by atoms with Crippen LogP contribution in [0.1, 0.15) is 58.3 Å². The summed E-state index contributed by atoms with van der Waals surface area (Å²) in [5.41, 5.74) is 0.0834. The lowest BCUT2D eigenvalue weighted by atomic mass is 9.92. The van der Waals surface area contributed by atoms with E-state index in [-0.39, 0.29) is 29.4 Å². The molecule has 1 fully saturated rings. The number of hydrogen-bond donors (Lipinski definition) is 2. The Labute approximate surface area is 181 Å². The molecule has 2 heterocycles. The predicted molar refractivity (Wildman–Crippen MR) is 126 cm³/mol. The molecule has 1 aliphatic rings. The molecule has 1 aliphatic heterocycles. The Morgan fingerprint density at radius 2 is 2.04 bits per heavy atom. The van der Waals surface area contributed by atoms with Gasteiger partial charge in [-0.1, -0.05) is 33.3 Å². The fourth-order valence-corrected chi connectivity index (χ4v) is 4.06. The first-order valence-corrected chi connectivity index (χ1v) is 10.7. The smallest absolute Gasteiger partial charge is 0.191 e. The van der Waals surface area contributed by atoms with E-state index in [1.807, 2.05) is 11.3 Å². The van der Waals surface area contributed by atoms with Crippen LogP contribution in [0, 0.1) is 0 Å². The van der Waals surface area contributed by atoms with Crippen molar-refractivity contribution in [2.45, 2.75) is 64.8 Å². The zero-order chi connectivity index (χ0) is 18.1. The molecule has 0 amide bonds. The van der Waals surface area contributed by atoms with E-state index in [0.717, 1.165) is 19.0 Å². The van der Waals surface area contributed by atoms with Gasteiger partial charge in [0.1, 0.15) is 0 Å². The van der Waals surface area contributed by atoms with Crippen molar-refractivity contribution in [3.8, 4) is 0 Å². The first kappa shape index (κ1) is 23.7. The Morgan fingerprint density at radius 1 is 1.31 bits per heavy atom. The molecule has 2 N–H and O–H groups in total. The zero-order valence-corrected chi connectivity index (χ0v) is 20.0. The molecule has 0 bridgehead atoms. The van der Waals surface area contributed by atoms with Crippen LogP contribution in [0.15, 0.2) is 22.5 Å². The van der Waals surface area contributed by atoms with Crippen LogP contribution in [0.5, 0.6) is 0 Å². The highest BCUT2D eigenvalue weighted by Gasteiger charge is 2.23. The van der Waals surface area contributed by atoms with Gasteiger partial charge >= 0.3 is 0 Å². The van der Waals surface area contributed by atoms with Crippen molar-refractivity contribution in [2.75, 3.05) is 32.7 Å². The summed E-state index contributed by atoms with van der Waals surface area (Å²) in [6.45, 7) is 14.3. The molecule has 0 atom stereocenters. The van der Waals surface area contributed by atoms with Crippen LogP contribution in [-0.2, 0) is 5.41 Å². The highest BCUT2D eigenvalue weighted by Crippen LogP contribution is 2.27. The van der Waals surface area contributed by atoms with Crippen LogP contribution in [-0.4, -0.2) is 49.6 Å². The van der Waals surface area contributed by atoms with E-state index in [2.05, 4.69) is 60.7 Å². The summed E-state index contributed by atoms with van der Waals surface area (Å²) in [6.07, 6.45) is 5.03. The topological polar surface area (TPSA) is 39.7 Å². The van der Waals surface area contributed by atoms with E-state index in [0.29, 0.717) is 6.04 Å². The summed E-state index contributed by atoms with van der Waals surface area (Å²) >= 11 is 1.82. The number of halogens is 1. The number of piperidine rings is 1. The van der Waals surface area contributed by atoms with Gasteiger partial charge in [-0.2, -0.15) is 0 Å². The van der Waals surface area contributed by atoms with E-state index < -0.39 is 0 Å². The lowest BCUT2D eigenvalue weighted by Crippen LogP contribution is -2.49. The molecule has 26 heavy (non-hydrogen) atoms. The number of likely N-dealkylation sites (tertiary alicyclic amines) is 1. The maximum absolute atomic E-state index is 4.89. The van der Waals surface area contributed by atoms with Gasteiger partial charge in [0.2, 0.25) is 0 Å². The number of aliphatic imine (C=N–C) groups is 1. The first-order chi connectivity index (χ1) is 12.0. The summed E-state index contributed by atoms with van der Waals surface area (Å²) in [5, 5.41) is 9.24. The fraction of sp³-hybridized carbons (Fsp3) is 0.750. The third-order valence-corrected chi connectivity index (χ3v) is 6.16. The maximum atomic E-state index is 4.89. The molecule has 0 spiro atoms. The second kappa shape index (κ2) is 12.2. The molecule has 6 heteroatoms. The fourth-order valence-electron chi connectivity index (χ4n) is 3.21. The average Bonchev–Trinajstić information content (AvgIpc) is 3.15. The van der Waals surface area contributed by atoms with Crippen LogP contribution in [0.4, 0.5) is 0 Å². The van der Waals surface area contributed by atoms with Gasteiger partial charge in [-0.05, 0) is 44.2 Å². The molecule has 150 valence electrons. The average molecular weight is 493 g/mol. The Balaban J connectivity index is 0.00000338. The lowest BCUT2D eigenvalue weighted by Gasteiger charge is -2.33. The Kier molecular flexibility index (Phi) is 11.1. The van der Waals surface area contributed by atoms with E-state index in [9.17, 15) is 0 Å². The van der Waals surface area contributed by atoms with Gasteiger partial charge in [-0.25, -0.2) is 0 Å². The normalized spacial score (nSPS) is 17.0. The summed E-state index contributed by atoms with van der Waals surface area (Å²) in [7, 11) is 0. The van der Waals surface area contributed by atoms with Crippen molar-refractivity contribution < 1.29 is 0 Å². The molecular formula is C20H37IN4S. The van der Waals surface area contributed by atoms with Gasteiger partial charge < -0.3 is 15.5 Å². The molecule has 0 aliphatic carbocycles. The zero-order valence-electron chi connectivity index (χ0n) is 16.9. The number of guanidine groups is 1.